The number of anilines is 1. The monoisotopic (exact) mass is 367 g/mol. The lowest BCUT2D eigenvalue weighted by Crippen LogP contribution is -2.37. The average Bonchev–Trinajstić information content (AvgIpc) is 3.25. The third kappa shape index (κ3) is 3.23. The van der Waals surface area contributed by atoms with Gasteiger partial charge < -0.3 is 10.4 Å². The predicted molar refractivity (Wildman–Crippen MR) is 101 cm³/mol. The number of carboxylic acid groups (broad SMARTS) is 1. The number of benzene rings is 2. The molecule has 4 atom stereocenters. The van der Waals surface area contributed by atoms with Crippen LogP contribution in [0.15, 0.2) is 64.4 Å². The number of amides is 1. The molecule has 2 N–H and O–H groups in total. The molecule has 4 nitrogen and oxygen atoms in total. The Morgan fingerprint density at radius 1 is 0.923 bits per heavy atom. The molecule has 0 heterocycles. The molecule has 0 unspecified atom stereocenters. The number of carbonyl (C=O) groups is 2. The van der Waals surface area contributed by atoms with Crippen molar-refractivity contribution < 1.29 is 14.7 Å². The molecule has 2 aromatic carbocycles. The van der Waals surface area contributed by atoms with Crippen molar-refractivity contribution in [3.8, 4) is 0 Å². The molecule has 0 aromatic heterocycles. The fourth-order valence-electron chi connectivity index (χ4n) is 4.51. The van der Waals surface area contributed by atoms with E-state index in [0.29, 0.717) is 0 Å². The van der Waals surface area contributed by atoms with Crippen LogP contribution < -0.4 is 5.32 Å². The lowest BCUT2D eigenvalue weighted by Gasteiger charge is -2.27. The molecule has 5 heteroatoms. The molecule has 0 radical (unpaired) electrons. The van der Waals surface area contributed by atoms with Crippen molar-refractivity contribution in [2.45, 2.75) is 29.1 Å². The minimum Gasteiger partial charge on any atom is -0.481 e. The maximum atomic E-state index is 12.9. The summed E-state index contributed by atoms with van der Waals surface area (Å²) in [5, 5.41) is 12.6. The van der Waals surface area contributed by atoms with Crippen molar-refractivity contribution in [3.05, 3.63) is 54.6 Å². The van der Waals surface area contributed by atoms with Gasteiger partial charge >= 0.3 is 5.97 Å². The van der Waals surface area contributed by atoms with E-state index in [4.69, 9.17) is 0 Å². The fraction of sp³-hybridized carbons (Fsp3) is 0.333. The molecule has 2 aliphatic carbocycles. The van der Waals surface area contributed by atoms with Crippen molar-refractivity contribution in [1.82, 2.24) is 0 Å². The lowest BCUT2D eigenvalue weighted by molar-refractivity contribution is -0.148. The van der Waals surface area contributed by atoms with Gasteiger partial charge in [0, 0.05) is 9.79 Å². The third-order valence-electron chi connectivity index (χ3n) is 5.62. The van der Waals surface area contributed by atoms with Crippen LogP contribution in [-0.4, -0.2) is 17.0 Å². The molecule has 2 bridgehead atoms. The van der Waals surface area contributed by atoms with Crippen LogP contribution in [-0.2, 0) is 9.59 Å². The van der Waals surface area contributed by atoms with Gasteiger partial charge in [-0.3, -0.25) is 9.59 Å². The smallest absolute Gasteiger partial charge is 0.307 e. The lowest BCUT2D eigenvalue weighted by atomic mass is 9.78. The molecular formula is C21H21NO3S. The second kappa shape index (κ2) is 7.16. The largest absolute Gasteiger partial charge is 0.481 e. The molecular weight excluding hydrogens is 346 g/mol. The van der Waals surface area contributed by atoms with Gasteiger partial charge in [-0.15, -0.1) is 0 Å². The van der Waals surface area contributed by atoms with Gasteiger partial charge in [0.05, 0.1) is 17.5 Å². The molecule has 4 rings (SSSR count). The van der Waals surface area contributed by atoms with Gasteiger partial charge in [0.2, 0.25) is 5.91 Å². The Hall–Kier alpha value is -2.27. The molecule has 1 amide bonds. The third-order valence-corrected chi connectivity index (χ3v) is 6.70. The number of carboxylic acids is 1. The highest BCUT2D eigenvalue weighted by molar-refractivity contribution is 7.99. The van der Waals surface area contributed by atoms with Gasteiger partial charge in [-0.25, -0.2) is 0 Å². The zero-order chi connectivity index (χ0) is 18.1. The Labute approximate surface area is 157 Å². The van der Waals surface area contributed by atoms with Crippen molar-refractivity contribution >= 4 is 29.3 Å². The molecule has 0 spiro atoms. The van der Waals surface area contributed by atoms with Crippen LogP contribution in [0, 0.1) is 23.7 Å². The highest BCUT2D eigenvalue weighted by atomic mass is 32.2. The van der Waals surface area contributed by atoms with E-state index < -0.39 is 17.8 Å². The summed E-state index contributed by atoms with van der Waals surface area (Å²) < 4.78 is 0. The summed E-state index contributed by atoms with van der Waals surface area (Å²) in [6, 6.07) is 17.7. The summed E-state index contributed by atoms with van der Waals surface area (Å²) in [7, 11) is 0. The van der Waals surface area contributed by atoms with Crippen LogP contribution in [0.2, 0.25) is 0 Å². The minimum absolute atomic E-state index is 0.147. The number of carbonyl (C=O) groups excluding carboxylic acids is 1. The molecule has 134 valence electrons. The van der Waals surface area contributed by atoms with Crippen LogP contribution in [0.5, 0.6) is 0 Å². The molecule has 2 fully saturated rings. The molecule has 0 saturated heterocycles. The van der Waals surface area contributed by atoms with E-state index in [9.17, 15) is 14.7 Å². The second-order valence-corrected chi connectivity index (χ2v) is 8.24. The first kappa shape index (κ1) is 17.2. The van der Waals surface area contributed by atoms with Crippen LogP contribution in [0.25, 0.3) is 0 Å². The van der Waals surface area contributed by atoms with Gasteiger partial charge in [-0.1, -0.05) is 42.1 Å². The van der Waals surface area contributed by atoms with Crippen LogP contribution in [0.3, 0.4) is 0 Å². The van der Waals surface area contributed by atoms with E-state index in [2.05, 4.69) is 5.32 Å². The van der Waals surface area contributed by atoms with Crippen molar-refractivity contribution in [2.75, 3.05) is 5.32 Å². The molecule has 2 aromatic rings. The Bertz CT molecular complexity index is 823. The summed E-state index contributed by atoms with van der Waals surface area (Å²) in [6.45, 7) is 0. The maximum absolute atomic E-state index is 12.9. The first-order chi connectivity index (χ1) is 12.6. The normalized spacial score (nSPS) is 26.6. The Morgan fingerprint density at radius 2 is 1.58 bits per heavy atom. The van der Waals surface area contributed by atoms with E-state index in [1.54, 1.807) is 11.8 Å². The Kier molecular flexibility index (Phi) is 4.72. The van der Waals surface area contributed by atoms with Gasteiger partial charge in [0.15, 0.2) is 0 Å². The van der Waals surface area contributed by atoms with Crippen molar-refractivity contribution in [3.63, 3.8) is 0 Å². The van der Waals surface area contributed by atoms with Gasteiger partial charge in [-0.05, 0) is 55.4 Å². The first-order valence-corrected chi connectivity index (χ1v) is 9.80. The van der Waals surface area contributed by atoms with E-state index in [0.717, 1.165) is 34.7 Å². The fourth-order valence-corrected chi connectivity index (χ4v) is 5.44. The van der Waals surface area contributed by atoms with Crippen LogP contribution >= 0.6 is 11.8 Å². The number of para-hydroxylation sites is 1. The number of fused-ring (bicyclic) bond motifs is 2. The maximum Gasteiger partial charge on any atom is 0.307 e. The predicted octanol–water partition coefficient (Wildman–Crippen LogP) is 4.52. The van der Waals surface area contributed by atoms with Crippen LogP contribution in [0.1, 0.15) is 19.3 Å². The number of rotatable bonds is 5. The molecule has 2 saturated carbocycles. The SMILES string of the molecule is O=C(Nc1ccccc1Sc1ccccc1)[C@@H]1[C@@H]2CC[C@@H](C2)[C@@H]1C(=O)O. The molecule has 0 aliphatic heterocycles. The number of hydrogen-bond acceptors (Lipinski definition) is 3. The number of hydrogen-bond donors (Lipinski definition) is 2. The zero-order valence-electron chi connectivity index (χ0n) is 14.3. The van der Waals surface area contributed by atoms with Gasteiger partial charge in [0.25, 0.3) is 0 Å². The van der Waals surface area contributed by atoms with Crippen molar-refractivity contribution in [2.24, 2.45) is 23.7 Å². The summed E-state index contributed by atoms with van der Waals surface area (Å²) in [5.74, 6) is -1.57. The topological polar surface area (TPSA) is 66.4 Å². The summed E-state index contributed by atoms with van der Waals surface area (Å²) in [5.41, 5.74) is 0.748. The van der Waals surface area contributed by atoms with E-state index in [1.807, 2.05) is 54.6 Å². The minimum atomic E-state index is -0.829. The Balaban J connectivity index is 1.54. The standard InChI is InChI=1S/C21H21NO3S/c23-20(18-13-10-11-14(12-13)19(18)21(24)25)22-16-8-4-5-9-17(16)26-15-6-2-1-3-7-15/h1-9,13-14,18-19H,10-12H2,(H,22,23)(H,24,25)/t13-,14+,18-,19+/m1/s1. The Morgan fingerprint density at radius 3 is 2.31 bits per heavy atom. The summed E-state index contributed by atoms with van der Waals surface area (Å²) >= 11 is 1.59. The number of nitrogens with one attached hydrogen (secondary N) is 1. The summed E-state index contributed by atoms with van der Waals surface area (Å²) in [6.07, 6.45) is 2.77. The van der Waals surface area contributed by atoms with Crippen molar-refractivity contribution in [1.29, 1.82) is 0 Å². The molecule has 2 aliphatic rings. The highest BCUT2D eigenvalue weighted by Gasteiger charge is 2.54. The van der Waals surface area contributed by atoms with Crippen LogP contribution in [0.4, 0.5) is 5.69 Å². The van der Waals surface area contributed by atoms with Gasteiger partial charge in [0.1, 0.15) is 0 Å². The second-order valence-electron chi connectivity index (χ2n) is 7.12. The summed E-state index contributed by atoms with van der Waals surface area (Å²) in [4.78, 5) is 26.7. The highest BCUT2D eigenvalue weighted by Crippen LogP contribution is 2.52. The first-order valence-electron chi connectivity index (χ1n) is 8.99. The van der Waals surface area contributed by atoms with Gasteiger partial charge in [-0.2, -0.15) is 0 Å². The number of aliphatic carboxylic acids is 1. The van der Waals surface area contributed by atoms with E-state index in [-0.39, 0.29) is 17.7 Å². The quantitative estimate of drug-likeness (QED) is 0.815. The van der Waals surface area contributed by atoms with E-state index in [1.165, 1.54) is 0 Å². The van der Waals surface area contributed by atoms with E-state index >= 15 is 0 Å². The molecule has 26 heavy (non-hydrogen) atoms. The zero-order valence-corrected chi connectivity index (χ0v) is 15.1. The average molecular weight is 367 g/mol.